The summed E-state index contributed by atoms with van der Waals surface area (Å²) in [6.07, 6.45) is 2.59. The quantitative estimate of drug-likeness (QED) is 0.873. The van der Waals surface area contributed by atoms with Crippen molar-refractivity contribution in [2.45, 2.75) is 33.3 Å². The van der Waals surface area contributed by atoms with Gasteiger partial charge in [0.2, 0.25) is 0 Å². The summed E-state index contributed by atoms with van der Waals surface area (Å²) in [5.41, 5.74) is 0.942. The van der Waals surface area contributed by atoms with Gasteiger partial charge in [0.05, 0.1) is 6.10 Å². The summed E-state index contributed by atoms with van der Waals surface area (Å²) >= 11 is 0. The number of nitrogens with zero attached hydrogens (tertiary/aromatic N) is 2. The Morgan fingerprint density at radius 2 is 2.18 bits per heavy atom. The minimum atomic E-state index is -0.447. The molecule has 3 nitrogen and oxygen atoms in total. The van der Waals surface area contributed by atoms with Crippen molar-refractivity contribution in [3.8, 4) is 0 Å². The molecule has 1 saturated heterocycles. The van der Waals surface area contributed by atoms with E-state index < -0.39 is 6.10 Å². The van der Waals surface area contributed by atoms with E-state index in [1.165, 1.54) is 6.42 Å². The molecule has 0 radical (unpaired) electrons. The second-order valence-corrected chi connectivity index (χ2v) is 5.33. The van der Waals surface area contributed by atoms with Gasteiger partial charge < -0.3 is 10.0 Å². The van der Waals surface area contributed by atoms with Gasteiger partial charge in [0.1, 0.15) is 5.82 Å². The van der Waals surface area contributed by atoms with Gasteiger partial charge in [0.25, 0.3) is 0 Å². The largest absolute Gasteiger partial charge is 0.389 e. The summed E-state index contributed by atoms with van der Waals surface area (Å²) in [6, 6.07) is 3.86. The highest BCUT2D eigenvalue weighted by molar-refractivity contribution is 5.48. The number of rotatable bonds is 3. The first kappa shape index (κ1) is 12.4. The summed E-state index contributed by atoms with van der Waals surface area (Å²) in [7, 11) is 0. The molecule has 3 heteroatoms. The van der Waals surface area contributed by atoms with Crippen LogP contribution in [0.15, 0.2) is 18.3 Å². The lowest BCUT2D eigenvalue weighted by Gasteiger charge is -2.22. The van der Waals surface area contributed by atoms with Gasteiger partial charge in [-0.3, -0.25) is 0 Å². The third-order valence-corrected chi connectivity index (χ3v) is 3.73. The maximum atomic E-state index is 9.77. The Kier molecular flexibility index (Phi) is 3.67. The van der Waals surface area contributed by atoms with Crippen LogP contribution < -0.4 is 4.90 Å². The van der Waals surface area contributed by atoms with Crippen molar-refractivity contribution in [1.82, 2.24) is 4.98 Å². The van der Waals surface area contributed by atoms with Gasteiger partial charge in [-0.2, -0.15) is 0 Å². The van der Waals surface area contributed by atoms with Crippen LogP contribution in [0.2, 0.25) is 0 Å². The summed E-state index contributed by atoms with van der Waals surface area (Å²) in [5, 5.41) is 9.77. The van der Waals surface area contributed by atoms with Crippen molar-refractivity contribution >= 4 is 5.82 Å². The van der Waals surface area contributed by atoms with Crippen molar-refractivity contribution in [1.29, 1.82) is 0 Å². The summed E-state index contributed by atoms with van der Waals surface area (Å²) in [6.45, 7) is 8.48. The Hall–Kier alpha value is -1.09. The Bertz CT molecular complexity index is 376. The van der Waals surface area contributed by atoms with E-state index in [0.717, 1.165) is 36.3 Å². The Labute approximate surface area is 103 Å². The number of pyridine rings is 1. The first-order valence-electron chi connectivity index (χ1n) is 6.47. The van der Waals surface area contributed by atoms with Gasteiger partial charge in [-0.1, -0.05) is 19.9 Å². The SMILES string of the molecule is CC(O)c1cccnc1N1CCC(C(C)C)C1. The second kappa shape index (κ2) is 5.05. The summed E-state index contributed by atoms with van der Waals surface area (Å²) < 4.78 is 0. The van der Waals surface area contributed by atoms with Crippen LogP contribution in [-0.4, -0.2) is 23.2 Å². The molecule has 17 heavy (non-hydrogen) atoms. The summed E-state index contributed by atoms with van der Waals surface area (Å²) in [4.78, 5) is 6.75. The van der Waals surface area contributed by atoms with Gasteiger partial charge in [0.15, 0.2) is 0 Å². The zero-order valence-corrected chi connectivity index (χ0v) is 10.9. The molecule has 1 aliphatic heterocycles. The molecule has 1 aromatic heterocycles. The highest BCUT2D eigenvalue weighted by atomic mass is 16.3. The maximum absolute atomic E-state index is 9.77. The molecule has 1 aliphatic rings. The third kappa shape index (κ3) is 2.60. The molecule has 0 bridgehead atoms. The lowest BCUT2D eigenvalue weighted by atomic mass is 9.95. The van der Waals surface area contributed by atoms with Crippen LogP contribution in [0.1, 0.15) is 38.9 Å². The molecule has 0 aliphatic carbocycles. The van der Waals surface area contributed by atoms with Crippen LogP contribution in [0.3, 0.4) is 0 Å². The normalized spacial score (nSPS) is 22.2. The van der Waals surface area contributed by atoms with Crippen molar-refractivity contribution < 1.29 is 5.11 Å². The highest BCUT2D eigenvalue weighted by Gasteiger charge is 2.27. The van der Waals surface area contributed by atoms with Crippen molar-refractivity contribution in [3.63, 3.8) is 0 Å². The Balaban J connectivity index is 2.18. The average Bonchev–Trinajstić information content (AvgIpc) is 2.78. The molecule has 2 heterocycles. The van der Waals surface area contributed by atoms with Crippen LogP contribution in [0.25, 0.3) is 0 Å². The number of hydrogen-bond acceptors (Lipinski definition) is 3. The highest BCUT2D eigenvalue weighted by Crippen LogP contribution is 2.31. The van der Waals surface area contributed by atoms with Gasteiger partial charge in [-0.25, -0.2) is 4.98 Å². The monoisotopic (exact) mass is 234 g/mol. The van der Waals surface area contributed by atoms with E-state index in [4.69, 9.17) is 0 Å². The lowest BCUT2D eigenvalue weighted by molar-refractivity contribution is 0.199. The van der Waals surface area contributed by atoms with E-state index in [-0.39, 0.29) is 0 Å². The van der Waals surface area contributed by atoms with Gasteiger partial charge in [0, 0.05) is 24.8 Å². The Morgan fingerprint density at radius 3 is 2.76 bits per heavy atom. The van der Waals surface area contributed by atoms with Crippen molar-refractivity contribution in [3.05, 3.63) is 23.9 Å². The molecule has 1 aromatic rings. The van der Waals surface area contributed by atoms with Crippen LogP contribution in [-0.2, 0) is 0 Å². The number of aliphatic hydroxyl groups is 1. The van der Waals surface area contributed by atoms with E-state index in [2.05, 4.69) is 23.7 Å². The van der Waals surface area contributed by atoms with Crippen molar-refractivity contribution in [2.75, 3.05) is 18.0 Å². The lowest BCUT2D eigenvalue weighted by Crippen LogP contribution is -2.23. The molecule has 0 amide bonds. The molecule has 2 atom stereocenters. The van der Waals surface area contributed by atoms with Gasteiger partial charge >= 0.3 is 0 Å². The molecule has 1 fully saturated rings. The molecule has 0 spiro atoms. The molecule has 94 valence electrons. The van der Waals surface area contributed by atoms with Crippen LogP contribution in [0, 0.1) is 11.8 Å². The standard InChI is InChI=1S/C14H22N2O/c1-10(2)12-6-8-16(9-12)14-13(11(3)17)5-4-7-15-14/h4-5,7,10-12,17H,6,8-9H2,1-3H3. The predicted molar refractivity (Wildman–Crippen MR) is 70.0 cm³/mol. The van der Waals surface area contributed by atoms with Gasteiger partial charge in [-0.15, -0.1) is 0 Å². The predicted octanol–water partition coefficient (Wildman–Crippen LogP) is 2.62. The fourth-order valence-electron chi connectivity index (χ4n) is 2.52. The number of aromatic nitrogens is 1. The molecule has 0 saturated carbocycles. The molecular weight excluding hydrogens is 212 g/mol. The van der Waals surface area contributed by atoms with E-state index >= 15 is 0 Å². The Morgan fingerprint density at radius 1 is 1.41 bits per heavy atom. The van der Waals surface area contributed by atoms with Crippen LogP contribution in [0.5, 0.6) is 0 Å². The van der Waals surface area contributed by atoms with Gasteiger partial charge in [-0.05, 0) is 31.2 Å². The first-order valence-corrected chi connectivity index (χ1v) is 6.47. The van der Waals surface area contributed by atoms with Crippen molar-refractivity contribution in [2.24, 2.45) is 11.8 Å². The third-order valence-electron chi connectivity index (χ3n) is 3.73. The molecule has 0 aromatic carbocycles. The molecular formula is C14H22N2O. The molecule has 1 N–H and O–H groups in total. The van der Waals surface area contributed by atoms with E-state index in [1.54, 1.807) is 6.92 Å². The minimum absolute atomic E-state index is 0.447. The molecule has 2 unspecified atom stereocenters. The van der Waals surface area contributed by atoms with Crippen LogP contribution in [0.4, 0.5) is 5.82 Å². The van der Waals surface area contributed by atoms with E-state index in [9.17, 15) is 5.11 Å². The zero-order chi connectivity index (χ0) is 12.4. The van der Waals surface area contributed by atoms with E-state index in [1.807, 2.05) is 18.3 Å². The van der Waals surface area contributed by atoms with Crippen LogP contribution >= 0.6 is 0 Å². The number of hydrogen-bond donors (Lipinski definition) is 1. The topological polar surface area (TPSA) is 36.4 Å². The fraction of sp³-hybridized carbons (Fsp3) is 0.643. The fourth-order valence-corrected chi connectivity index (χ4v) is 2.52. The maximum Gasteiger partial charge on any atom is 0.134 e. The second-order valence-electron chi connectivity index (χ2n) is 5.33. The summed E-state index contributed by atoms with van der Waals surface area (Å²) in [5.74, 6) is 2.43. The first-order chi connectivity index (χ1) is 8.09. The molecule has 2 rings (SSSR count). The minimum Gasteiger partial charge on any atom is -0.389 e. The smallest absolute Gasteiger partial charge is 0.134 e. The number of anilines is 1. The zero-order valence-electron chi connectivity index (χ0n) is 10.9. The van der Waals surface area contributed by atoms with E-state index in [0.29, 0.717) is 0 Å². The average molecular weight is 234 g/mol. The number of aliphatic hydroxyl groups excluding tert-OH is 1.